The highest BCUT2D eigenvalue weighted by Crippen LogP contribution is 2.28. The standard InChI is InChI=1S/C21H21N3O3/c25-19-12-22-21(27)24(19)13-14-8-10-16(11-9-14)20(26)23-18-7-3-5-15-4-1-2-6-17(15)18/h3,5,7-11H,1-2,4,6,12-13H2,(H,22,27)(H,23,26). The first kappa shape index (κ1) is 17.3. The largest absolute Gasteiger partial charge is 0.329 e. The lowest BCUT2D eigenvalue weighted by Gasteiger charge is -2.19. The average molecular weight is 363 g/mol. The van der Waals surface area contributed by atoms with Crippen LogP contribution < -0.4 is 10.6 Å². The van der Waals surface area contributed by atoms with Gasteiger partial charge in [0.1, 0.15) is 0 Å². The Morgan fingerprint density at radius 2 is 1.81 bits per heavy atom. The van der Waals surface area contributed by atoms with Gasteiger partial charge in [0.15, 0.2) is 0 Å². The quantitative estimate of drug-likeness (QED) is 0.820. The number of amides is 4. The van der Waals surface area contributed by atoms with Gasteiger partial charge in [-0.3, -0.25) is 14.5 Å². The summed E-state index contributed by atoms with van der Waals surface area (Å²) in [5.74, 6) is -0.397. The number of rotatable bonds is 4. The maximum absolute atomic E-state index is 12.6. The second kappa shape index (κ2) is 7.23. The van der Waals surface area contributed by atoms with E-state index in [0.29, 0.717) is 5.56 Å². The maximum Gasteiger partial charge on any atom is 0.324 e. The number of anilines is 1. The maximum atomic E-state index is 12.6. The van der Waals surface area contributed by atoms with Gasteiger partial charge in [0.25, 0.3) is 5.91 Å². The van der Waals surface area contributed by atoms with Crippen molar-refractivity contribution in [2.24, 2.45) is 0 Å². The van der Waals surface area contributed by atoms with Crippen LogP contribution in [0.4, 0.5) is 10.5 Å². The fourth-order valence-electron chi connectivity index (χ4n) is 3.65. The molecule has 1 fully saturated rings. The highest BCUT2D eigenvalue weighted by molar-refractivity contribution is 6.05. The van der Waals surface area contributed by atoms with Crippen LogP contribution in [0.1, 0.15) is 39.9 Å². The van der Waals surface area contributed by atoms with Crippen molar-refractivity contribution in [3.05, 3.63) is 64.7 Å². The molecule has 1 heterocycles. The molecule has 2 aromatic rings. The van der Waals surface area contributed by atoms with E-state index in [0.717, 1.165) is 30.5 Å². The number of urea groups is 1. The van der Waals surface area contributed by atoms with E-state index in [-0.39, 0.29) is 30.9 Å². The van der Waals surface area contributed by atoms with E-state index in [9.17, 15) is 14.4 Å². The van der Waals surface area contributed by atoms with Gasteiger partial charge in [-0.15, -0.1) is 0 Å². The minimum Gasteiger partial charge on any atom is -0.329 e. The Hall–Kier alpha value is -3.15. The minimum absolute atomic E-state index is 0.0424. The summed E-state index contributed by atoms with van der Waals surface area (Å²) >= 11 is 0. The summed E-state index contributed by atoms with van der Waals surface area (Å²) in [6.07, 6.45) is 4.41. The number of nitrogens with one attached hydrogen (secondary N) is 2. The molecule has 138 valence electrons. The number of nitrogens with zero attached hydrogens (tertiary/aromatic N) is 1. The number of hydrogen-bond donors (Lipinski definition) is 2. The van der Waals surface area contributed by atoms with Crippen LogP contribution in [0, 0.1) is 0 Å². The lowest BCUT2D eigenvalue weighted by molar-refractivity contribution is -0.125. The summed E-state index contributed by atoms with van der Waals surface area (Å²) < 4.78 is 0. The molecular weight excluding hydrogens is 342 g/mol. The second-order valence-electron chi connectivity index (χ2n) is 6.94. The van der Waals surface area contributed by atoms with Gasteiger partial charge in [0.2, 0.25) is 5.91 Å². The number of carbonyl (C=O) groups is 3. The number of carbonyl (C=O) groups excluding carboxylic acids is 3. The molecular formula is C21H21N3O3. The van der Waals surface area contributed by atoms with Gasteiger partial charge in [0, 0.05) is 11.3 Å². The van der Waals surface area contributed by atoms with Gasteiger partial charge in [-0.1, -0.05) is 24.3 Å². The van der Waals surface area contributed by atoms with E-state index >= 15 is 0 Å². The predicted molar refractivity (Wildman–Crippen MR) is 101 cm³/mol. The third kappa shape index (κ3) is 3.56. The Bertz CT molecular complexity index is 889. The predicted octanol–water partition coefficient (Wildman–Crippen LogP) is 2.87. The monoisotopic (exact) mass is 363 g/mol. The number of hydrogen-bond acceptors (Lipinski definition) is 3. The van der Waals surface area contributed by atoms with Gasteiger partial charge in [-0.05, 0) is 60.6 Å². The van der Waals surface area contributed by atoms with Crippen molar-refractivity contribution < 1.29 is 14.4 Å². The Kier molecular flexibility index (Phi) is 4.62. The number of fused-ring (bicyclic) bond motifs is 1. The molecule has 0 radical (unpaired) electrons. The van der Waals surface area contributed by atoms with Crippen molar-refractivity contribution in [1.82, 2.24) is 10.2 Å². The smallest absolute Gasteiger partial charge is 0.324 e. The van der Waals surface area contributed by atoms with E-state index in [1.165, 1.54) is 22.4 Å². The first-order valence-corrected chi connectivity index (χ1v) is 9.21. The molecule has 6 heteroatoms. The summed E-state index contributed by atoms with van der Waals surface area (Å²) in [6.45, 7) is 0.249. The van der Waals surface area contributed by atoms with Crippen LogP contribution in [-0.2, 0) is 24.2 Å². The van der Waals surface area contributed by atoms with E-state index in [4.69, 9.17) is 0 Å². The molecule has 6 nitrogen and oxygen atoms in total. The third-order valence-electron chi connectivity index (χ3n) is 5.14. The summed E-state index contributed by atoms with van der Waals surface area (Å²) in [7, 11) is 0. The molecule has 0 saturated carbocycles. The average Bonchev–Trinajstić information content (AvgIpc) is 3.01. The lowest BCUT2D eigenvalue weighted by Crippen LogP contribution is -2.30. The topological polar surface area (TPSA) is 78.5 Å². The normalized spacial score (nSPS) is 16.1. The van der Waals surface area contributed by atoms with Crippen molar-refractivity contribution in [1.29, 1.82) is 0 Å². The van der Waals surface area contributed by atoms with Crippen LogP contribution in [0.25, 0.3) is 0 Å². The fourth-order valence-corrected chi connectivity index (χ4v) is 3.65. The molecule has 27 heavy (non-hydrogen) atoms. The minimum atomic E-state index is -0.379. The van der Waals surface area contributed by atoms with Crippen LogP contribution in [0.15, 0.2) is 42.5 Å². The van der Waals surface area contributed by atoms with Crippen LogP contribution >= 0.6 is 0 Å². The second-order valence-corrected chi connectivity index (χ2v) is 6.94. The first-order valence-electron chi connectivity index (χ1n) is 9.21. The summed E-state index contributed by atoms with van der Waals surface area (Å²) in [5, 5.41) is 5.52. The van der Waals surface area contributed by atoms with Gasteiger partial charge in [-0.2, -0.15) is 0 Å². The van der Waals surface area contributed by atoms with E-state index in [2.05, 4.69) is 16.7 Å². The Labute approximate surface area is 157 Å². The summed E-state index contributed by atoms with van der Waals surface area (Å²) in [4.78, 5) is 37.1. The molecule has 4 rings (SSSR count). The van der Waals surface area contributed by atoms with Crippen molar-refractivity contribution >= 4 is 23.5 Å². The van der Waals surface area contributed by atoms with Crippen molar-refractivity contribution in [3.8, 4) is 0 Å². The van der Waals surface area contributed by atoms with Crippen LogP contribution in [-0.4, -0.2) is 29.3 Å². The highest BCUT2D eigenvalue weighted by atomic mass is 16.2. The van der Waals surface area contributed by atoms with E-state index in [1.54, 1.807) is 24.3 Å². The summed E-state index contributed by atoms with van der Waals surface area (Å²) in [6, 6.07) is 12.7. The number of aryl methyl sites for hydroxylation is 1. The molecule has 2 N–H and O–H groups in total. The number of imide groups is 1. The fraction of sp³-hybridized carbons (Fsp3) is 0.286. The van der Waals surface area contributed by atoms with Crippen LogP contribution in [0.3, 0.4) is 0 Å². The molecule has 1 aliphatic heterocycles. The molecule has 0 aromatic heterocycles. The van der Waals surface area contributed by atoms with Gasteiger partial charge >= 0.3 is 6.03 Å². The van der Waals surface area contributed by atoms with Crippen molar-refractivity contribution in [3.63, 3.8) is 0 Å². The zero-order valence-electron chi connectivity index (χ0n) is 15.0. The molecule has 0 spiro atoms. The van der Waals surface area contributed by atoms with Crippen molar-refractivity contribution in [2.45, 2.75) is 32.2 Å². The van der Waals surface area contributed by atoms with Gasteiger partial charge in [0.05, 0.1) is 13.1 Å². The zero-order chi connectivity index (χ0) is 18.8. The number of benzene rings is 2. The SMILES string of the molecule is O=C(Nc1cccc2c1CCCC2)c1ccc(CN2C(=O)CNC2=O)cc1. The molecule has 2 aromatic carbocycles. The first-order chi connectivity index (χ1) is 13.1. The van der Waals surface area contributed by atoms with Gasteiger partial charge < -0.3 is 10.6 Å². The van der Waals surface area contributed by atoms with Crippen LogP contribution in [0.2, 0.25) is 0 Å². The molecule has 0 atom stereocenters. The molecule has 0 bridgehead atoms. The molecule has 1 aliphatic carbocycles. The molecule has 2 aliphatic rings. The van der Waals surface area contributed by atoms with E-state index in [1.807, 2.05) is 12.1 Å². The zero-order valence-corrected chi connectivity index (χ0v) is 15.0. The Morgan fingerprint density at radius 3 is 2.56 bits per heavy atom. The Morgan fingerprint density at radius 1 is 1.04 bits per heavy atom. The Balaban J connectivity index is 1.45. The molecule has 1 saturated heterocycles. The van der Waals surface area contributed by atoms with Crippen LogP contribution in [0.5, 0.6) is 0 Å². The summed E-state index contributed by atoms with van der Waals surface area (Å²) in [5.41, 5.74) is 4.80. The van der Waals surface area contributed by atoms with Crippen molar-refractivity contribution in [2.75, 3.05) is 11.9 Å². The highest BCUT2D eigenvalue weighted by Gasteiger charge is 2.28. The molecule has 0 unspecified atom stereocenters. The molecule has 4 amide bonds. The van der Waals surface area contributed by atoms with E-state index < -0.39 is 0 Å². The van der Waals surface area contributed by atoms with Gasteiger partial charge in [-0.25, -0.2) is 4.79 Å². The third-order valence-corrected chi connectivity index (χ3v) is 5.14. The lowest BCUT2D eigenvalue weighted by atomic mass is 9.90.